The number of rotatable bonds is 2. The zero-order valence-corrected chi connectivity index (χ0v) is 14.0. The van der Waals surface area contributed by atoms with Gasteiger partial charge in [0.2, 0.25) is 0 Å². The van der Waals surface area contributed by atoms with Gasteiger partial charge < -0.3 is 9.80 Å². The molecule has 1 saturated heterocycles. The molecule has 0 aromatic heterocycles. The molecule has 3 rings (SSSR count). The Morgan fingerprint density at radius 3 is 2.08 bits per heavy atom. The summed E-state index contributed by atoms with van der Waals surface area (Å²) in [5.74, 6) is 0. The largest absolute Gasteiger partial charge is 0.369 e. The van der Waals surface area contributed by atoms with Crippen molar-refractivity contribution in [2.24, 2.45) is 0 Å². The lowest BCUT2D eigenvalue weighted by molar-refractivity contribution is 0.805. The van der Waals surface area contributed by atoms with E-state index in [0.29, 0.717) is 16.1 Å². The molecule has 24 heavy (non-hydrogen) atoms. The van der Waals surface area contributed by atoms with Gasteiger partial charge >= 0.3 is 0 Å². The number of benzene rings is 2. The third kappa shape index (κ3) is 3.30. The molecule has 0 radical (unpaired) electrons. The fraction of sp³-hybridized carbons (Fsp3) is 0.263. The maximum Gasteiger partial charge on any atom is 0.101 e. The van der Waals surface area contributed by atoms with Crippen LogP contribution >= 0.6 is 11.6 Å². The maximum absolute atomic E-state index is 9.36. The first-order chi connectivity index (χ1) is 11.7. The van der Waals surface area contributed by atoms with E-state index in [9.17, 15) is 10.5 Å². The van der Waals surface area contributed by atoms with Crippen LogP contribution in [0.3, 0.4) is 0 Å². The Hall–Kier alpha value is -2.69. The third-order valence-electron chi connectivity index (χ3n) is 4.28. The van der Waals surface area contributed by atoms with Crippen LogP contribution in [0.4, 0.5) is 11.4 Å². The van der Waals surface area contributed by atoms with Gasteiger partial charge in [0, 0.05) is 31.2 Å². The maximum atomic E-state index is 9.36. The summed E-state index contributed by atoms with van der Waals surface area (Å²) in [5, 5.41) is 19.2. The van der Waals surface area contributed by atoms with Gasteiger partial charge in [0.15, 0.2) is 0 Å². The van der Waals surface area contributed by atoms with Crippen molar-refractivity contribution in [3.05, 3.63) is 58.6 Å². The Kier molecular flexibility index (Phi) is 4.89. The molecule has 1 aliphatic rings. The molecular weight excluding hydrogens is 320 g/mol. The van der Waals surface area contributed by atoms with E-state index in [2.05, 4.69) is 21.9 Å². The molecule has 0 amide bonds. The van der Waals surface area contributed by atoms with E-state index < -0.39 is 0 Å². The molecule has 1 aliphatic heterocycles. The molecule has 0 saturated carbocycles. The van der Waals surface area contributed by atoms with Crippen LogP contribution in [0.5, 0.6) is 0 Å². The van der Waals surface area contributed by atoms with Crippen LogP contribution in [0.1, 0.15) is 17.5 Å². The Morgan fingerprint density at radius 2 is 1.42 bits per heavy atom. The van der Waals surface area contributed by atoms with Gasteiger partial charge in [0.25, 0.3) is 0 Å². The second-order valence-corrected chi connectivity index (χ2v) is 6.17. The second kappa shape index (κ2) is 7.25. The van der Waals surface area contributed by atoms with Gasteiger partial charge in [0.05, 0.1) is 22.5 Å². The molecule has 1 fully saturated rings. The third-order valence-corrected chi connectivity index (χ3v) is 4.52. The zero-order chi connectivity index (χ0) is 16.9. The topological polar surface area (TPSA) is 54.1 Å². The summed E-state index contributed by atoms with van der Waals surface area (Å²) in [4.78, 5) is 4.48. The number of nitrogens with zero attached hydrogens (tertiary/aromatic N) is 4. The highest BCUT2D eigenvalue weighted by atomic mass is 35.5. The van der Waals surface area contributed by atoms with Gasteiger partial charge in [-0.2, -0.15) is 10.5 Å². The SMILES string of the molecule is N#Cc1ccccc1N1CCCN(c2ccc(Cl)cc2C#N)CC1. The Bertz CT molecular complexity index is 819. The van der Waals surface area contributed by atoms with E-state index in [1.165, 1.54) is 0 Å². The van der Waals surface area contributed by atoms with Gasteiger partial charge in [-0.05, 0) is 36.8 Å². The lowest BCUT2D eigenvalue weighted by atomic mass is 10.1. The summed E-state index contributed by atoms with van der Waals surface area (Å²) in [6.07, 6.45) is 0.966. The van der Waals surface area contributed by atoms with Crippen LogP contribution in [0.2, 0.25) is 5.02 Å². The number of halogens is 1. The Balaban J connectivity index is 1.81. The quantitative estimate of drug-likeness (QED) is 0.837. The lowest BCUT2D eigenvalue weighted by Gasteiger charge is -2.26. The molecule has 1 heterocycles. The van der Waals surface area contributed by atoms with E-state index in [1.807, 2.05) is 36.4 Å². The molecule has 0 aliphatic carbocycles. The minimum atomic E-state index is 0.578. The number of hydrogen-bond donors (Lipinski definition) is 0. The highest BCUT2D eigenvalue weighted by molar-refractivity contribution is 6.30. The normalized spacial score (nSPS) is 14.6. The van der Waals surface area contributed by atoms with Crippen LogP contribution in [0.15, 0.2) is 42.5 Å². The van der Waals surface area contributed by atoms with Crippen molar-refractivity contribution in [3.8, 4) is 12.1 Å². The summed E-state index contributed by atoms with van der Waals surface area (Å²) in [6.45, 7) is 3.38. The fourth-order valence-electron chi connectivity index (χ4n) is 3.12. The van der Waals surface area contributed by atoms with Gasteiger partial charge in [-0.3, -0.25) is 0 Å². The second-order valence-electron chi connectivity index (χ2n) is 5.73. The van der Waals surface area contributed by atoms with Crippen molar-refractivity contribution in [2.45, 2.75) is 6.42 Å². The molecule has 0 N–H and O–H groups in total. The Morgan fingerprint density at radius 1 is 0.792 bits per heavy atom. The molecular formula is C19H17ClN4. The minimum absolute atomic E-state index is 0.578. The lowest BCUT2D eigenvalue weighted by Crippen LogP contribution is -2.31. The predicted octanol–water partition coefficient (Wildman–Crippen LogP) is 3.80. The first-order valence-electron chi connectivity index (χ1n) is 7.91. The van der Waals surface area contributed by atoms with Crippen LogP contribution < -0.4 is 9.80 Å². The first-order valence-corrected chi connectivity index (χ1v) is 8.29. The van der Waals surface area contributed by atoms with Crippen molar-refractivity contribution in [1.82, 2.24) is 0 Å². The highest BCUT2D eigenvalue weighted by Crippen LogP contribution is 2.26. The van der Waals surface area contributed by atoms with Crippen LogP contribution in [-0.2, 0) is 0 Å². The zero-order valence-electron chi connectivity index (χ0n) is 13.2. The fourth-order valence-corrected chi connectivity index (χ4v) is 3.29. The molecule has 0 atom stereocenters. The van der Waals surface area contributed by atoms with Crippen LogP contribution in [-0.4, -0.2) is 26.2 Å². The molecule has 0 spiro atoms. The average Bonchev–Trinajstić information content (AvgIpc) is 2.87. The standard InChI is InChI=1S/C19H17ClN4/c20-17-6-7-19(16(12-17)14-22)24-9-3-8-23(10-11-24)18-5-2-1-4-15(18)13-21/h1-2,4-7,12H,3,8-11H2. The number of nitriles is 2. The van der Waals surface area contributed by atoms with Crippen LogP contribution in [0.25, 0.3) is 0 Å². The van der Waals surface area contributed by atoms with E-state index in [0.717, 1.165) is 44.0 Å². The number of anilines is 2. The smallest absolute Gasteiger partial charge is 0.101 e. The molecule has 0 bridgehead atoms. The Labute approximate surface area is 147 Å². The van der Waals surface area contributed by atoms with Crippen molar-refractivity contribution in [1.29, 1.82) is 10.5 Å². The van der Waals surface area contributed by atoms with E-state index >= 15 is 0 Å². The average molecular weight is 337 g/mol. The van der Waals surface area contributed by atoms with E-state index in [1.54, 1.807) is 6.07 Å². The molecule has 4 nitrogen and oxygen atoms in total. The molecule has 0 unspecified atom stereocenters. The summed E-state index contributed by atoms with van der Waals surface area (Å²) in [7, 11) is 0. The number of hydrogen-bond acceptors (Lipinski definition) is 4. The molecule has 2 aromatic carbocycles. The summed E-state index contributed by atoms with van der Waals surface area (Å²) >= 11 is 5.99. The minimum Gasteiger partial charge on any atom is -0.369 e. The van der Waals surface area contributed by atoms with Crippen molar-refractivity contribution in [3.63, 3.8) is 0 Å². The van der Waals surface area contributed by atoms with E-state index in [-0.39, 0.29) is 0 Å². The first kappa shape index (κ1) is 16.2. The predicted molar refractivity (Wildman–Crippen MR) is 96.4 cm³/mol. The van der Waals surface area contributed by atoms with Gasteiger partial charge in [-0.1, -0.05) is 23.7 Å². The molecule has 2 aromatic rings. The number of para-hydroxylation sites is 1. The van der Waals surface area contributed by atoms with Gasteiger partial charge in [0.1, 0.15) is 12.1 Å². The molecule has 5 heteroatoms. The van der Waals surface area contributed by atoms with Gasteiger partial charge in [-0.25, -0.2) is 0 Å². The van der Waals surface area contributed by atoms with Crippen molar-refractivity contribution in [2.75, 3.05) is 36.0 Å². The monoisotopic (exact) mass is 336 g/mol. The summed E-state index contributed by atoms with van der Waals surface area (Å²) < 4.78 is 0. The van der Waals surface area contributed by atoms with E-state index in [4.69, 9.17) is 11.6 Å². The summed E-state index contributed by atoms with van der Waals surface area (Å²) in [5.41, 5.74) is 3.22. The van der Waals surface area contributed by atoms with Gasteiger partial charge in [-0.15, -0.1) is 0 Å². The van der Waals surface area contributed by atoms with Crippen LogP contribution in [0, 0.1) is 22.7 Å². The highest BCUT2D eigenvalue weighted by Gasteiger charge is 2.19. The summed E-state index contributed by atoms with van der Waals surface area (Å²) in [6, 6.07) is 17.7. The van der Waals surface area contributed by atoms with Crippen molar-refractivity contribution < 1.29 is 0 Å². The molecule has 120 valence electrons. The van der Waals surface area contributed by atoms with Crippen molar-refractivity contribution >= 4 is 23.0 Å².